The van der Waals surface area contributed by atoms with Crippen molar-refractivity contribution in [3.8, 4) is 5.75 Å². The number of carbonyl (C=O) groups is 4. The number of ether oxygens (including phenoxy) is 1. The summed E-state index contributed by atoms with van der Waals surface area (Å²) in [4.78, 5) is 45.8. The number of esters is 1. The van der Waals surface area contributed by atoms with E-state index in [-0.39, 0.29) is 22.8 Å². The minimum absolute atomic E-state index is 0.0579. The second-order valence-electron chi connectivity index (χ2n) is 7.06. The average molecular weight is 523 g/mol. The highest BCUT2D eigenvalue weighted by atomic mass is 32.2. The first-order valence-corrected chi connectivity index (χ1v) is 11.3. The molecule has 0 heterocycles. The Morgan fingerprint density at radius 2 is 1.67 bits per heavy atom. The van der Waals surface area contributed by atoms with Gasteiger partial charge in [-0.25, -0.2) is 9.59 Å². The number of carbonyl (C=O) groups excluding carboxylic acids is 1. The van der Waals surface area contributed by atoms with E-state index in [1.165, 1.54) is 36.4 Å². The van der Waals surface area contributed by atoms with Crippen LogP contribution in [-0.2, 0) is 26.3 Å². The molecule has 0 aliphatic rings. The SMILES string of the molecule is N=C(N)Nc1ccc(C(=O)Oc2ccc(CNS(=O)(=O)N[C@@H](CC(=O)O)C(=O)O)c(C(=O)O)c2)cc1. The second kappa shape index (κ2) is 11.7. The first kappa shape index (κ1) is 27.7. The molecular formula is C20H21N5O10S. The lowest BCUT2D eigenvalue weighted by atomic mass is 10.1. The minimum Gasteiger partial charge on any atom is -0.481 e. The second-order valence-corrected chi connectivity index (χ2v) is 8.59. The number of aliphatic carboxylic acids is 2. The fourth-order valence-corrected chi connectivity index (χ4v) is 3.73. The van der Waals surface area contributed by atoms with Crippen LogP contribution in [0.5, 0.6) is 5.75 Å². The molecule has 15 nitrogen and oxygen atoms in total. The van der Waals surface area contributed by atoms with E-state index in [4.69, 9.17) is 26.1 Å². The first-order chi connectivity index (χ1) is 16.8. The zero-order chi connectivity index (χ0) is 27.0. The van der Waals surface area contributed by atoms with Gasteiger partial charge in [0.15, 0.2) is 5.96 Å². The minimum atomic E-state index is -4.54. The van der Waals surface area contributed by atoms with Crippen LogP contribution in [0.3, 0.4) is 0 Å². The number of benzene rings is 2. The number of carboxylic acid groups (broad SMARTS) is 3. The summed E-state index contributed by atoms with van der Waals surface area (Å²) in [5.41, 5.74) is 5.31. The Labute approximate surface area is 203 Å². The van der Waals surface area contributed by atoms with Gasteiger partial charge in [-0.2, -0.15) is 17.9 Å². The van der Waals surface area contributed by atoms with Gasteiger partial charge < -0.3 is 31.1 Å². The average Bonchev–Trinajstić information content (AvgIpc) is 2.77. The third-order valence-electron chi connectivity index (χ3n) is 4.35. The van der Waals surface area contributed by atoms with Gasteiger partial charge in [0, 0.05) is 12.2 Å². The van der Waals surface area contributed by atoms with Gasteiger partial charge in [-0.1, -0.05) is 6.07 Å². The van der Waals surface area contributed by atoms with Gasteiger partial charge in [0.1, 0.15) is 11.8 Å². The van der Waals surface area contributed by atoms with E-state index in [1.807, 2.05) is 4.72 Å². The number of hydrogen-bond acceptors (Lipinski definition) is 8. The fourth-order valence-electron chi connectivity index (χ4n) is 2.74. The number of guanidine groups is 1. The van der Waals surface area contributed by atoms with E-state index in [1.54, 1.807) is 4.72 Å². The van der Waals surface area contributed by atoms with Crippen LogP contribution in [0.2, 0.25) is 0 Å². The van der Waals surface area contributed by atoms with Crippen LogP contribution in [0.15, 0.2) is 42.5 Å². The van der Waals surface area contributed by atoms with Crippen LogP contribution in [0.4, 0.5) is 5.69 Å². The van der Waals surface area contributed by atoms with E-state index in [2.05, 4.69) is 5.32 Å². The lowest BCUT2D eigenvalue weighted by molar-refractivity contribution is -0.145. The Morgan fingerprint density at radius 1 is 1.03 bits per heavy atom. The van der Waals surface area contributed by atoms with Crippen molar-refractivity contribution in [1.29, 1.82) is 5.41 Å². The zero-order valence-corrected chi connectivity index (χ0v) is 19.0. The molecule has 0 aromatic heterocycles. The maximum atomic E-state index is 12.4. The summed E-state index contributed by atoms with van der Waals surface area (Å²) >= 11 is 0. The summed E-state index contributed by atoms with van der Waals surface area (Å²) in [6.45, 7) is -0.602. The summed E-state index contributed by atoms with van der Waals surface area (Å²) in [6.07, 6.45) is -1.02. The predicted octanol–water partition coefficient (Wildman–Crippen LogP) is -0.239. The molecule has 1 atom stereocenters. The normalized spacial score (nSPS) is 11.8. The van der Waals surface area contributed by atoms with Crippen molar-refractivity contribution in [3.63, 3.8) is 0 Å². The molecule has 2 rings (SSSR count). The summed E-state index contributed by atoms with van der Waals surface area (Å²) in [7, 11) is -4.54. The summed E-state index contributed by atoms with van der Waals surface area (Å²) in [5, 5.41) is 36.8. The Hall–Kier alpha value is -4.54. The number of nitrogens with one attached hydrogen (secondary N) is 4. The quantitative estimate of drug-likeness (QED) is 0.0776. The molecule has 36 heavy (non-hydrogen) atoms. The van der Waals surface area contributed by atoms with E-state index in [0.29, 0.717) is 5.69 Å². The fraction of sp³-hybridized carbons (Fsp3) is 0.150. The van der Waals surface area contributed by atoms with Gasteiger partial charge in [-0.15, -0.1) is 0 Å². The van der Waals surface area contributed by atoms with Gasteiger partial charge in [-0.05, 0) is 42.0 Å². The molecule has 0 bridgehead atoms. The van der Waals surface area contributed by atoms with Gasteiger partial charge in [0.2, 0.25) is 0 Å². The maximum Gasteiger partial charge on any atom is 0.343 e. The molecular weight excluding hydrogens is 502 g/mol. The third kappa shape index (κ3) is 8.35. The summed E-state index contributed by atoms with van der Waals surface area (Å²) in [6, 6.07) is 7.15. The number of anilines is 1. The Kier molecular flexibility index (Phi) is 9.03. The summed E-state index contributed by atoms with van der Waals surface area (Å²) in [5.74, 6) is -6.01. The highest BCUT2D eigenvalue weighted by Gasteiger charge is 2.26. The predicted molar refractivity (Wildman–Crippen MR) is 123 cm³/mol. The van der Waals surface area contributed by atoms with Gasteiger partial charge >= 0.3 is 23.9 Å². The van der Waals surface area contributed by atoms with E-state index >= 15 is 0 Å². The standard InChI is InChI=1S/C20H21N5O10S/c21-20(22)24-12-4-1-10(2-5-12)19(32)35-13-6-3-11(14(7-13)17(28)29)9-23-36(33,34)25-15(18(30)31)8-16(26)27/h1-7,15,23,25H,8-9H2,(H,26,27)(H,28,29)(H,30,31)(H4,21,22,24)/t15-/m0/s1. The maximum absolute atomic E-state index is 12.4. The Bertz CT molecular complexity index is 1290. The molecule has 0 aliphatic carbocycles. The molecule has 0 radical (unpaired) electrons. The zero-order valence-electron chi connectivity index (χ0n) is 18.2. The number of carboxylic acids is 3. The van der Waals surface area contributed by atoms with Crippen molar-refractivity contribution in [2.45, 2.75) is 19.0 Å². The van der Waals surface area contributed by atoms with E-state index < -0.39 is 58.7 Å². The van der Waals surface area contributed by atoms with E-state index in [9.17, 15) is 32.7 Å². The molecule has 9 N–H and O–H groups in total. The lowest BCUT2D eigenvalue weighted by Crippen LogP contribution is -2.47. The molecule has 2 aromatic carbocycles. The number of hydrogen-bond donors (Lipinski definition) is 8. The lowest BCUT2D eigenvalue weighted by Gasteiger charge is -2.14. The monoisotopic (exact) mass is 523 g/mol. The molecule has 0 spiro atoms. The van der Waals surface area contributed by atoms with Crippen molar-refractivity contribution in [1.82, 2.24) is 9.44 Å². The number of rotatable bonds is 12. The van der Waals surface area contributed by atoms with Crippen LogP contribution in [0.1, 0.15) is 32.7 Å². The van der Waals surface area contributed by atoms with Crippen molar-refractivity contribution in [2.24, 2.45) is 5.73 Å². The van der Waals surface area contributed by atoms with Crippen LogP contribution >= 0.6 is 0 Å². The van der Waals surface area contributed by atoms with Crippen LogP contribution < -0.4 is 25.2 Å². The van der Waals surface area contributed by atoms with E-state index in [0.717, 1.165) is 6.07 Å². The largest absolute Gasteiger partial charge is 0.481 e. The Balaban J connectivity index is 2.13. The van der Waals surface area contributed by atoms with Crippen molar-refractivity contribution in [3.05, 3.63) is 59.2 Å². The number of aromatic carboxylic acids is 1. The van der Waals surface area contributed by atoms with Gasteiger partial charge in [-0.3, -0.25) is 15.0 Å². The van der Waals surface area contributed by atoms with Crippen LogP contribution in [0.25, 0.3) is 0 Å². The van der Waals surface area contributed by atoms with Crippen LogP contribution in [0, 0.1) is 5.41 Å². The smallest absolute Gasteiger partial charge is 0.343 e. The molecule has 192 valence electrons. The topological polar surface area (TPSA) is 258 Å². The van der Waals surface area contributed by atoms with Crippen molar-refractivity contribution in [2.75, 3.05) is 5.32 Å². The summed E-state index contributed by atoms with van der Waals surface area (Å²) < 4.78 is 33.0. The van der Waals surface area contributed by atoms with Gasteiger partial charge in [0.05, 0.1) is 17.5 Å². The molecule has 0 saturated carbocycles. The van der Waals surface area contributed by atoms with Crippen LogP contribution in [-0.4, -0.2) is 59.6 Å². The highest BCUT2D eigenvalue weighted by molar-refractivity contribution is 7.87. The number of nitrogens with two attached hydrogens (primary N) is 1. The highest BCUT2D eigenvalue weighted by Crippen LogP contribution is 2.20. The molecule has 0 aliphatic heterocycles. The van der Waals surface area contributed by atoms with Crippen molar-refractivity contribution >= 4 is 45.7 Å². The molecule has 16 heteroatoms. The van der Waals surface area contributed by atoms with Crippen molar-refractivity contribution < 1.29 is 47.7 Å². The Morgan fingerprint density at radius 3 is 2.19 bits per heavy atom. The van der Waals surface area contributed by atoms with Gasteiger partial charge in [0.25, 0.3) is 10.2 Å². The molecule has 2 aromatic rings. The molecule has 0 saturated heterocycles. The molecule has 0 amide bonds. The third-order valence-corrected chi connectivity index (χ3v) is 5.47. The first-order valence-electron chi connectivity index (χ1n) is 9.78. The molecule has 0 fully saturated rings. The molecule has 0 unspecified atom stereocenters.